The summed E-state index contributed by atoms with van der Waals surface area (Å²) >= 11 is 12.2. The maximum absolute atomic E-state index is 12.9. The Bertz CT molecular complexity index is 1060. The Hall–Kier alpha value is -2.06. The number of amides is 1. The molecule has 1 saturated heterocycles. The third-order valence-corrected chi connectivity index (χ3v) is 6.03. The topological polar surface area (TPSA) is 67.4 Å². The number of benzene rings is 1. The summed E-state index contributed by atoms with van der Waals surface area (Å²) in [5.74, 6) is 0.312. The van der Waals surface area contributed by atoms with E-state index < -0.39 is 0 Å². The van der Waals surface area contributed by atoms with Gasteiger partial charge in [0.15, 0.2) is 11.5 Å². The van der Waals surface area contributed by atoms with Crippen LogP contribution in [0.3, 0.4) is 0 Å². The summed E-state index contributed by atoms with van der Waals surface area (Å²) in [7, 11) is 0. The van der Waals surface area contributed by atoms with E-state index in [-0.39, 0.29) is 24.0 Å². The molecule has 0 N–H and O–H groups in total. The molecule has 3 heterocycles. The Morgan fingerprint density at radius 1 is 1.16 bits per heavy atom. The average Bonchev–Trinajstić information content (AvgIpc) is 3.35. The molecule has 0 atom stereocenters. The molecule has 1 amide bonds. The second-order valence-corrected chi connectivity index (χ2v) is 8.18. The Labute approximate surface area is 197 Å². The van der Waals surface area contributed by atoms with Gasteiger partial charge in [-0.1, -0.05) is 28.4 Å². The van der Waals surface area contributed by atoms with E-state index in [1.165, 1.54) is 11.3 Å². The molecule has 31 heavy (non-hydrogen) atoms. The van der Waals surface area contributed by atoms with E-state index in [2.05, 4.69) is 29.0 Å². The third kappa shape index (κ3) is 5.06. The SMILES string of the molecule is CCn1ncc(CN2CCN(C(=O)c3cc(-c4ccc(Cl)cc4Cl)on3)CC2)c1C.Cl. The number of piperazine rings is 1. The highest BCUT2D eigenvalue weighted by atomic mass is 35.5. The first-order chi connectivity index (χ1) is 14.5. The second-order valence-electron chi connectivity index (χ2n) is 7.34. The molecule has 1 aliphatic heterocycles. The molecule has 1 aromatic carbocycles. The number of rotatable bonds is 5. The van der Waals surface area contributed by atoms with Crippen LogP contribution >= 0.6 is 35.6 Å². The summed E-state index contributed by atoms with van der Waals surface area (Å²) < 4.78 is 7.37. The van der Waals surface area contributed by atoms with Crippen molar-refractivity contribution in [3.05, 3.63) is 57.5 Å². The molecule has 0 bridgehead atoms. The summed E-state index contributed by atoms with van der Waals surface area (Å²) in [6.07, 6.45) is 1.94. The minimum atomic E-state index is -0.135. The molecule has 4 rings (SSSR count). The van der Waals surface area contributed by atoms with Crippen molar-refractivity contribution in [1.29, 1.82) is 0 Å². The van der Waals surface area contributed by atoms with Gasteiger partial charge in [0.1, 0.15) is 0 Å². The van der Waals surface area contributed by atoms with Gasteiger partial charge in [-0.15, -0.1) is 12.4 Å². The second kappa shape index (κ2) is 10.0. The molecule has 0 radical (unpaired) electrons. The number of carbonyl (C=O) groups excluding carboxylic acids is 1. The number of carbonyl (C=O) groups is 1. The van der Waals surface area contributed by atoms with Gasteiger partial charge in [0, 0.05) is 67.2 Å². The number of hydrogen-bond acceptors (Lipinski definition) is 5. The summed E-state index contributed by atoms with van der Waals surface area (Å²) in [6, 6.07) is 6.73. The molecule has 1 aliphatic rings. The van der Waals surface area contributed by atoms with Crippen LogP contribution in [0.15, 0.2) is 35.0 Å². The van der Waals surface area contributed by atoms with Crippen LogP contribution in [-0.4, -0.2) is 56.8 Å². The number of nitrogens with zero attached hydrogens (tertiary/aromatic N) is 5. The van der Waals surface area contributed by atoms with Crippen LogP contribution in [0.5, 0.6) is 0 Å². The maximum atomic E-state index is 12.9. The molecule has 1 fully saturated rings. The first-order valence-corrected chi connectivity index (χ1v) is 10.7. The van der Waals surface area contributed by atoms with Crippen molar-refractivity contribution in [2.24, 2.45) is 0 Å². The van der Waals surface area contributed by atoms with Gasteiger partial charge in [-0.3, -0.25) is 14.4 Å². The maximum Gasteiger partial charge on any atom is 0.276 e. The van der Waals surface area contributed by atoms with E-state index in [1.807, 2.05) is 15.8 Å². The van der Waals surface area contributed by atoms with E-state index in [0.717, 1.165) is 26.2 Å². The fourth-order valence-electron chi connectivity index (χ4n) is 3.66. The van der Waals surface area contributed by atoms with E-state index in [4.69, 9.17) is 27.7 Å². The fourth-order valence-corrected chi connectivity index (χ4v) is 4.17. The Morgan fingerprint density at radius 2 is 1.90 bits per heavy atom. The molecule has 166 valence electrons. The van der Waals surface area contributed by atoms with Crippen molar-refractivity contribution >= 4 is 41.5 Å². The fraction of sp³-hybridized carbons (Fsp3) is 0.381. The van der Waals surface area contributed by atoms with Crippen molar-refractivity contribution in [2.75, 3.05) is 26.2 Å². The van der Waals surface area contributed by atoms with Gasteiger partial charge in [-0.05, 0) is 32.0 Å². The van der Waals surface area contributed by atoms with Crippen molar-refractivity contribution in [1.82, 2.24) is 24.7 Å². The van der Waals surface area contributed by atoms with Crippen LogP contribution in [0.4, 0.5) is 0 Å². The summed E-state index contributed by atoms with van der Waals surface area (Å²) in [6.45, 7) is 8.79. The monoisotopic (exact) mass is 483 g/mol. The van der Waals surface area contributed by atoms with E-state index in [0.29, 0.717) is 34.5 Å². The van der Waals surface area contributed by atoms with Crippen molar-refractivity contribution in [2.45, 2.75) is 26.9 Å². The zero-order chi connectivity index (χ0) is 21.3. The summed E-state index contributed by atoms with van der Waals surface area (Å²) in [4.78, 5) is 17.0. The minimum absolute atomic E-state index is 0. The lowest BCUT2D eigenvalue weighted by molar-refractivity contribution is 0.0618. The minimum Gasteiger partial charge on any atom is -0.355 e. The molecule has 0 unspecified atom stereocenters. The van der Waals surface area contributed by atoms with Crippen LogP contribution in [0.2, 0.25) is 10.0 Å². The Kier molecular flexibility index (Phi) is 7.64. The van der Waals surface area contributed by atoms with Gasteiger partial charge in [0.25, 0.3) is 5.91 Å². The first-order valence-electron chi connectivity index (χ1n) is 9.91. The molecule has 0 aliphatic carbocycles. The molecular formula is C21H24Cl3N5O2. The molecule has 0 saturated carbocycles. The van der Waals surface area contributed by atoms with Crippen molar-refractivity contribution in [3.63, 3.8) is 0 Å². The molecule has 3 aromatic rings. The van der Waals surface area contributed by atoms with Crippen molar-refractivity contribution < 1.29 is 9.32 Å². The first kappa shape index (κ1) is 23.6. The van der Waals surface area contributed by atoms with Crippen LogP contribution in [0.25, 0.3) is 11.3 Å². The molecule has 10 heteroatoms. The Morgan fingerprint density at radius 3 is 2.55 bits per heavy atom. The largest absolute Gasteiger partial charge is 0.355 e. The lowest BCUT2D eigenvalue weighted by Gasteiger charge is -2.34. The van der Waals surface area contributed by atoms with Gasteiger partial charge in [-0.2, -0.15) is 5.10 Å². The van der Waals surface area contributed by atoms with Crippen LogP contribution < -0.4 is 0 Å². The number of hydrogen-bond donors (Lipinski definition) is 0. The number of aromatic nitrogens is 3. The predicted molar refractivity (Wildman–Crippen MR) is 123 cm³/mol. The highest BCUT2D eigenvalue weighted by Gasteiger charge is 2.25. The lowest BCUT2D eigenvalue weighted by Crippen LogP contribution is -2.48. The summed E-state index contributed by atoms with van der Waals surface area (Å²) in [5.41, 5.74) is 3.37. The highest BCUT2D eigenvalue weighted by Crippen LogP contribution is 2.31. The van der Waals surface area contributed by atoms with Gasteiger partial charge in [-0.25, -0.2) is 0 Å². The van der Waals surface area contributed by atoms with Gasteiger partial charge >= 0.3 is 0 Å². The molecular weight excluding hydrogens is 461 g/mol. The zero-order valence-electron chi connectivity index (χ0n) is 17.3. The highest BCUT2D eigenvalue weighted by molar-refractivity contribution is 6.36. The smallest absolute Gasteiger partial charge is 0.276 e. The molecule has 7 nitrogen and oxygen atoms in total. The average molecular weight is 485 g/mol. The number of halogens is 3. The van der Waals surface area contributed by atoms with Gasteiger partial charge < -0.3 is 9.42 Å². The van der Waals surface area contributed by atoms with Gasteiger partial charge in [0.05, 0.1) is 11.2 Å². The van der Waals surface area contributed by atoms with Crippen LogP contribution in [0, 0.1) is 6.92 Å². The molecule has 2 aromatic heterocycles. The van der Waals surface area contributed by atoms with Gasteiger partial charge in [0.2, 0.25) is 0 Å². The van der Waals surface area contributed by atoms with E-state index >= 15 is 0 Å². The quantitative estimate of drug-likeness (QED) is 0.531. The predicted octanol–water partition coefficient (Wildman–Crippen LogP) is 4.55. The van der Waals surface area contributed by atoms with E-state index in [9.17, 15) is 4.79 Å². The lowest BCUT2D eigenvalue weighted by atomic mass is 10.1. The van der Waals surface area contributed by atoms with Crippen molar-refractivity contribution in [3.8, 4) is 11.3 Å². The molecule has 0 spiro atoms. The third-order valence-electron chi connectivity index (χ3n) is 5.48. The summed E-state index contributed by atoms with van der Waals surface area (Å²) in [5, 5.41) is 9.36. The van der Waals surface area contributed by atoms with Crippen LogP contribution in [0.1, 0.15) is 28.7 Å². The standard InChI is InChI=1S/C21H23Cl2N5O2.ClH/c1-3-28-14(2)15(12-24-28)13-26-6-8-27(9-7-26)21(29)19-11-20(30-25-19)17-5-4-16(22)10-18(17)23;/h4-5,10-12H,3,6-9,13H2,1-2H3;1H. The normalized spacial score (nSPS) is 14.5. The van der Waals surface area contributed by atoms with Crippen LogP contribution in [-0.2, 0) is 13.1 Å². The Balaban J connectivity index is 0.00000272. The zero-order valence-corrected chi connectivity index (χ0v) is 19.7. The van der Waals surface area contributed by atoms with E-state index in [1.54, 1.807) is 24.3 Å². The number of aryl methyl sites for hydroxylation is 1.